The maximum atomic E-state index is 12.9. The van der Waals surface area contributed by atoms with Gasteiger partial charge >= 0.3 is 0 Å². The zero-order valence-electron chi connectivity index (χ0n) is 16.6. The highest BCUT2D eigenvalue weighted by atomic mass is 127. The van der Waals surface area contributed by atoms with Gasteiger partial charge in [0.25, 0.3) is 5.91 Å². The summed E-state index contributed by atoms with van der Waals surface area (Å²) in [5, 5.41) is 2.87. The molecule has 2 rings (SSSR count). The average molecular weight is 494 g/mol. The Morgan fingerprint density at radius 1 is 1.11 bits per heavy atom. The molecule has 0 aliphatic rings. The molecule has 28 heavy (non-hydrogen) atoms. The molecule has 0 aliphatic carbocycles. The molecule has 0 radical (unpaired) electrons. The van der Waals surface area contributed by atoms with Crippen LogP contribution < -0.4 is 10.1 Å². The predicted molar refractivity (Wildman–Crippen MR) is 119 cm³/mol. The first-order chi connectivity index (χ1) is 13.4. The van der Waals surface area contributed by atoms with E-state index in [1.807, 2.05) is 62.4 Å². The molecule has 0 heterocycles. The molecule has 0 aromatic heterocycles. The molecule has 150 valence electrons. The number of carbonyl (C=O) groups is 2. The minimum Gasteiger partial charge on any atom is -0.484 e. The van der Waals surface area contributed by atoms with E-state index in [-0.39, 0.29) is 18.4 Å². The van der Waals surface area contributed by atoms with Crippen LogP contribution >= 0.6 is 22.6 Å². The number of nitrogens with one attached hydrogen (secondary N) is 1. The summed E-state index contributed by atoms with van der Waals surface area (Å²) in [6, 6.07) is 14.9. The van der Waals surface area contributed by atoms with Crippen LogP contribution in [0.5, 0.6) is 5.75 Å². The zero-order valence-corrected chi connectivity index (χ0v) is 18.7. The van der Waals surface area contributed by atoms with Gasteiger partial charge in [0.2, 0.25) is 5.91 Å². The Morgan fingerprint density at radius 3 is 2.36 bits per heavy atom. The van der Waals surface area contributed by atoms with Crippen molar-refractivity contribution in [1.29, 1.82) is 0 Å². The Labute approximate surface area is 180 Å². The second-order valence-corrected chi connectivity index (χ2v) is 7.96. The molecule has 1 N–H and O–H groups in total. The van der Waals surface area contributed by atoms with Gasteiger partial charge in [-0.25, -0.2) is 0 Å². The van der Waals surface area contributed by atoms with Gasteiger partial charge in [-0.05, 0) is 72.7 Å². The molecule has 0 saturated heterocycles. The normalized spacial score (nSPS) is 11.6. The lowest BCUT2D eigenvalue weighted by atomic mass is 10.1. The van der Waals surface area contributed by atoms with Crippen molar-refractivity contribution in [3.05, 3.63) is 63.2 Å². The highest BCUT2D eigenvalue weighted by Crippen LogP contribution is 2.15. The number of amides is 2. The number of benzene rings is 2. The standard InChI is InChI=1S/C22H27IN2O3/c1-4-13-24-22(27)17(3)25(14-18-7-5-16(2)6-8-18)21(26)15-28-20-11-9-19(23)10-12-20/h5-12,17H,4,13-15H2,1-3H3,(H,24,27)/t17-/m0/s1. The number of hydrogen-bond donors (Lipinski definition) is 1. The van der Waals surface area contributed by atoms with Crippen LogP contribution in [-0.4, -0.2) is 35.9 Å². The highest BCUT2D eigenvalue weighted by Gasteiger charge is 2.26. The maximum absolute atomic E-state index is 12.9. The molecule has 2 aromatic carbocycles. The number of carbonyl (C=O) groups excluding carboxylic acids is 2. The van der Waals surface area contributed by atoms with E-state index >= 15 is 0 Å². The van der Waals surface area contributed by atoms with Crippen molar-refractivity contribution in [2.45, 2.75) is 39.8 Å². The van der Waals surface area contributed by atoms with E-state index in [0.29, 0.717) is 18.8 Å². The van der Waals surface area contributed by atoms with Crippen LogP contribution in [0.4, 0.5) is 0 Å². The molecule has 0 fully saturated rings. The summed E-state index contributed by atoms with van der Waals surface area (Å²) in [5.74, 6) is 0.252. The third-order valence-electron chi connectivity index (χ3n) is 4.37. The molecule has 0 bridgehead atoms. The molecule has 0 spiro atoms. The van der Waals surface area contributed by atoms with Gasteiger partial charge in [-0.15, -0.1) is 0 Å². The first-order valence-electron chi connectivity index (χ1n) is 9.41. The number of halogens is 1. The molecular formula is C22H27IN2O3. The van der Waals surface area contributed by atoms with Crippen molar-refractivity contribution in [3.8, 4) is 5.75 Å². The van der Waals surface area contributed by atoms with Gasteiger partial charge < -0.3 is 15.0 Å². The molecule has 0 aliphatic heterocycles. The van der Waals surface area contributed by atoms with E-state index in [0.717, 1.165) is 21.1 Å². The van der Waals surface area contributed by atoms with E-state index < -0.39 is 6.04 Å². The third kappa shape index (κ3) is 6.82. The lowest BCUT2D eigenvalue weighted by Crippen LogP contribution is -2.49. The van der Waals surface area contributed by atoms with Crippen LogP contribution in [0.3, 0.4) is 0 Å². The fourth-order valence-corrected chi connectivity index (χ4v) is 2.99. The molecule has 2 amide bonds. The summed E-state index contributed by atoms with van der Waals surface area (Å²) in [4.78, 5) is 26.9. The van der Waals surface area contributed by atoms with Gasteiger partial charge in [0.1, 0.15) is 11.8 Å². The quantitative estimate of drug-likeness (QED) is 0.538. The number of rotatable bonds is 9. The van der Waals surface area contributed by atoms with Gasteiger partial charge in [-0.3, -0.25) is 9.59 Å². The van der Waals surface area contributed by atoms with Crippen molar-refractivity contribution >= 4 is 34.4 Å². The van der Waals surface area contributed by atoms with Crippen molar-refractivity contribution in [2.75, 3.05) is 13.2 Å². The molecular weight excluding hydrogens is 467 g/mol. The summed E-state index contributed by atoms with van der Waals surface area (Å²) in [6.45, 7) is 6.60. The summed E-state index contributed by atoms with van der Waals surface area (Å²) >= 11 is 2.22. The van der Waals surface area contributed by atoms with E-state index in [1.165, 1.54) is 0 Å². The first kappa shape index (κ1) is 22.2. The fraction of sp³-hybridized carbons (Fsp3) is 0.364. The Kier molecular flexibility index (Phi) is 8.76. The van der Waals surface area contributed by atoms with Crippen LogP contribution in [0, 0.1) is 10.5 Å². The smallest absolute Gasteiger partial charge is 0.261 e. The summed E-state index contributed by atoms with van der Waals surface area (Å²) in [7, 11) is 0. The van der Waals surface area contributed by atoms with Crippen LogP contribution in [0.2, 0.25) is 0 Å². The minimum atomic E-state index is -0.583. The number of hydrogen-bond acceptors (Lipinski definition) is 3. The molecule has 5 nitrogen and oxygen atoms in total. The SMILES string of the molecule is CCCNC(=O)[C@H](C)N(Cc1ccc(C)cc1)C(=O)COc1ccc(I)cc1. The molecule has 0 saturated carbocycles. The monoisotopic (exact) mass is 494 g/mol. The van der Waals surface area contributed by atoms with Gasteiger partial charge in [0, 0.05) is 16.7 Å². The Morgan fingerprint density at radius 2 is 1.75 bits per heavy atom. The van der Waals surface area contributed by atoms with Gasteiger partial charge in [-0.2, -0.15) is 0 Å². The highest BCUT2D eigenvalue weighted by molar-refractivity contribution is 14.1. The van der Waals surface area contributed by atoms with Crippen molar-refractivity contribution in [3.63, 3.8) is 0 Å². The first-order valence-corrected chi connectivity index (χ1v) is 10.5. The Hall–Kier alpha value is -2.09. The molecule has 2 aromatic rings. The number of ether oxygens (including phenoxy) is 1. The van der Waals surface area contributed by atoms with Crippen LogP contribution in [0.1, 0.15) is 31.4 Å². The lowest BCUT2D eigenvalue weighted by molar-refractivity contribution is -0.142. The van der Waals surface area contributed by atoms with E-state index in [1.54, 1.807) is 11.8 Å². The number of aryl methyl sites for hydroxylation is 1. The topological polar surface area (TPSA) is 58.6 Å². The van der Waals surface area contributed by atoms with Gasteiger partial charge in [0.05, 0.1) is 0 Å². The van der Waals surface area contributed by atoms with Crippen LogP contribution in [0.15, 0.2) is 48.5 Å². The third-order valence-corrected chi connectivity index (χ3v) is 5.09. The van der Waals surface area contributed by atoms with Crippen molar-refractivity contribution in [2.24, 2.45) is 0 Å². The summed E-state index contributed by atoms with van der Waals surface area (Å²) in [6.07, 6.45) is 0.848. The predicted octanol–water partition coefficient (Wildman–Crippen LogP) is 3.92. The fourth-order valence-electron chi connectivity index (χ4n) is 2.63. The van der Waals surface area contributed by atoms with E-state index in [4.69, 9.17) is 4.74 Å². The molecule has 6 heteroatoms. The summed E-state index contributed by atoms with van der Waals surface area (Å²) < 4.78 is 6.74. The van der Waals surface area contributed by atoms with Gasteiger partial charge in [0.15, 0.2) is 6.61 Å². The lowest BCUT2D eigenvalue weighted by Gasteiger charge is -2.28. The molecule has 0 unspecified atom stereocenters. The van der Waals surface area contributed by atoms with Crippen molar-refractivity contribution in [1.82, 2.24) is 10.2 Å². The molecule has 1 atom stereocenters. The maximum Gasteiger partial charge on any atom is 0.261 e. The van der Waals surface area contributed by atoms with Crippen LogP contribution in [-0.2, 0) is 16.1 Å². The zero-order chi connectivity index (χ0) is 20.5. The minimum absolute atomic E-state index is 0.113. The average Bonchev–Trinajstić information content (AvgIpc) is 2.70. The van der Waals surface area contributed by atoms with E-state index in [9.17, 15) is 9.59 Å². The largest absolute Gasteiger partial charge is 0.484 e. The summed E-state index contributed by atoms with van der Waals surface area (Å²) in [5.41, 5.74) is 2.13. The number of nitrogens with zero attached hydrogens (tertiary/aromatic N) is 1. The second-order valence-electron chi connectivity index (χ2n) is 6.72. The second kappa shape index (κ2) is 11.0. The van der Waals surface area contributed by atoms with Crippen molar-refractivity contribution < 1.29 is 14.3 Å². The Balaban J connectivity index is 2.10. The van der Waals surface area contributed by atoms with E-state index in [2.05, 4.69) is 27.9 Å². The van der Waals surface area contributed by atoms with Crippen LogP contribution in [0.25, 0.3) is 0 Å². The Bertz CT molecular complexity index is 775. The van der Waals surface area contributed by atoms with Gasteiger partial charge in [-0.1, -0.05) is 36.8 Å².